The number of benzene rings is 1. The van der Waals surface area contributed by atoms with Gasteiger partial charge in [-0.25, -0.2) is 4.79 Å². The van der Waals surface area contributed by atoms with Crippen LogP contribution >= 0.6 is 27.5 Å². The molecule has 92 valence electrons. The first-order valence-electron chi connectivity index (χ1n) is 4.61. The van der Waals surface area contributed by atoms with Crippen molar-refractivity contribution in [2.75, 3.05) is 14.2 Å². The number of hydrogen-bond donors (Lipinski definition) is 0. The van der Waals surface area contributed by atoms with Crippen LogP contribution in [0.5, 0.6) is 5.75 Å². The van der Waals surface area contributed by atoms with E-state index in [0.29, 0.717) is 11.3 Å². The van der Waals surface area contributed by atoms with E-state index >= 15 is 0 Å². The Morgan fingerprint density at radius 2 is 2.00 bits per heavy atom. The molecule has 0 radical (unpaired) electrons. The van der Waals surface area contributed by atoms with E-state index in [1.807, 2.05) is 0 Å². The second kappa shape index (κ2) is 6.02. The summed E-state index contributed by atoms with van der Waals surface area (Å²) in [7, 11) is 2.58. The maximum atomic E-state index is 11.6. The molecular formula is C11H10BrClO4. The van der Waals surface area contributed by atoms with E-state index in [2.05, 4.69) is 20.7 Å². The van der Waals surface area contributed by atoms with Crippen LogP contribution in [-0.4, -0.2) is 26.0 Å². The van der Waals surface area contributed by atoms with Crippen molar-refractivity contribution >= 4 is 39.3 Å². The molecule has 0 N–H and O–H groups in total. The molecule has 6 heteroatoms. The quantitative estimate of drug-likeness (QED) is 0.486. The van der Waals surface area contributed by atoms with E-state index in [9.17, 15) is 9.59 Å². The number of carbonyl (C=O) groups excluding carboxylic acids is 2. The Labute approximate surface area is 112 Å². The van der Waals surface area contributed by atoms with Gasteiger partial charge in [0.15, 0.2) is 0 Å². The van der Waals surface area contributed by atoms with Crippen LogP contribution < -0.4 is 4.74 Å². The van der Waals surface area contributed by atoms with Crippen LogP contribution in [-0.2, 0) is 14.3 Å². The largest absolute Gasteiger partial charge is 0.496 e. The summed E-state index contributed by atoms with van der Waals surface area (Å²) in [4.78, 5) is 22.7. The molecule has 0 amide bonds. The minimum absolute atomic E-state index is 0.416. The predicted molar refractivity (Wildman–Crippen MR) is 66.3 cm³/mol. The monoisotopic (exact) mass is 320 g/mol. The summed E-state index contributed by atoms with van der Waals surface area (Å²) in [6, 6.07) is 5.02. The molecule has 1 unspecified atom stereocenters. The summed E-state index contributed by atoms with van der Waals surface area (Å²) in [6.07, 6.45) is 0. The van der Waals surface area contributed by atoms with Gasteiger partial charge in [0, 0.05) is 10.0 Å². The number of methoxy groups -OCH3 is 2. The van der Waals surface area contributed by atoms with Gasteiger partial charge in [-0.3, -0.25) is 4.79 Å². The Morgan fingerprint density at radius 1 is 1.35 bits per heavy atom. The standard InChI is InChI=1S/C11H10BrClO4/c1-16-8-4-3-6(12)5-7(8)9(13)10(14)11(15)17-2/h3-5,9H,1-2H3. The Balaban J connectivity index is 3.10. The van der Waals surface area contributed by atoms with E-state index in [1.54, 1.807) is 18.2 Å². The van der Waals surface area contributed by atoms with Gasteiger partial charge in [0.05, 0.1) is 14.2 Å². The number of hydrogen-bond acceptors (Lipinski definition) is 4. The Kier molecular flexibility index (Phi) is 4.96. The smallest absolute Gasteiger partial charge is 0.376 e. The highest BCUT2D eigenvalue weighted by atomic mass is 79.9. The fourth-order valence-electron chi connectivity index (χ4n) is 1.25. The van der Waals surface area contributed by atoms with Crippen molar-refractivity contribution in [2.24, 2.45) is 0 Å². The molecule has 1 rings (SSSR count). The van der Waals surface area contributed by atoms with Crippen LogP contribution in [0.2, 0.25) is 0 Å². The summed E-state index contributed by atoms with van der Waals surface area (Å²) in [5.74, 6) is -1.37. The third kappa shape index (κ3) is 3.20. The van der Waals surface area contributed by atoms with E-state index in [-0.39, 0.29) is 0 Å². The number of esters is 1. The van der Waals surface area contributed by atoms with Crippen molar-refractivity contribution in [3.8, 4) is 5.75 Å². The Hall–Kier alpha value is -1.07. The lowest BCUT2D eigenvalue weighted by Gasteiger charge is -2.12. The number of ether oxygens (including phenoxy) is 2. The maximum Gasteiger partial charge on any atom is 0.376 e. The van der Waals surface area contributed by atoms with Crippen LogP contribution in [0.25, 0.3) is 0 Å². The maximum absolute atomic E-state index is 11.6. The molecule has 1 aromatic rings. The number of halogens is 2. The first kappa shape index (κ1) is 14.0. The molecule has 0 bridgehead atoms. The second-order valence-electron chi connectivity index (χ2n) is 3.10. The number of carbonyl (C=O) groups is 2. The average Bonchev–Trinajstić information content (AvgIpc) is 2.35. The van der Waals surface area contributed by atoms with Crippen molar-refractivity contribution in [3.63, 3.8) is 0 Å². The molecule has 0 aliphatic carbocycles. The van der Waals surface area contributed by atoms with Crippen LogP contribution in [0, 0.1) is 0 Å². The molecular weight excluding hydrogens is 311 g/mol. The van der Waals surface area contributed by atoms with Crippen molar-refractivity contribution in [3.05, 3.63) is 28.2 Å². The molecule has 0 aromatic heterocycles. The first-order chi connectivity index (χ1) is 8.01. The third-order valence-electron chi connectivity index (χ3n) is 2.08. The van der Waals surface area contributed by atoms with Gasteiger partial charge in [0.1, 0.15) is 11.1 Å². The molecule has 0 saturated carbocycles. The lowest BCUT2D eigenvalue weighted by Crippen LogP contribution is -2.20. The SMILES string of the molecule is COC(=O)C(=O)C(Cl)c1cc(Br)ccc1OC. The van der Waals surface area contributed by atoms with Crippen molar-refractivity contribution in [2.45, 2.75) is 5.38 Å². The zero-order valence-corrected chi connectivity index (χ0v) is 11.5. The molecule has 0 saturated heterocycles. The average molecular weight is 322 g/mol. The predicted octanol–water partition coefficient (Wildman–Crippen LogP) is 2.48. The van der Waals surface area contributed by atoms with Gasteiger partial charge < -0.3 is 9.47 Å². The summed E-state index contributed by atoms with van der Waals surface area (Å²) in [5, 5.41) is -1.13. The van der Waals surface area contributed by atoms with Crippen LogP contribution in [0.1, 0.15) is 10.9 Å². The molecule has 1 aromatic carbocycles. The number of ketones is 1. The fourth-order valence-corrected chi connectivity index (χ4v) is 1.89. The van der Waals surface area contributed by atoms with Crippen molar-refractivity contribution in [1.29, 1.82) is 0 Å². The van der Waals surface area contributed by atoms with Crippen molar-refractivity contribution < 1.29 is 19.1 Å². The van der Waals surface area contributed by atoms with Crippen LogP contribution in [0.15, 0.2) is 22.7 Å². The van der Waals surface area contributed by atoms with E-state index in [0.717, 1.165) is 11.6 Å². The summed E-state index contributed by atoms with van der Waals surface area (Å²) in [6.45, 7) is 0. The molecule has 0 heterocycles. The Morgan fingerprint density at radius 3 is 2.53 bits per heavy atom. The van der Waals surface area contributed by atoms with Crippen LogP contribution in [0.3, 0.4) is 0 Å². The zero-order valence-electron chi connectivity index (χ0n) is 9.20. The normalized spacial score (nSPS) is 11.8. The minimum atomic E-state index is -1.13. The first-order valence-corrected chi connectivity index (χ1v) is 5.84. The molecule has 1 atom stereocenters. The van der Waals surface area contributed by atoms with Gasteiger partial charge in [-0.15, -0.1) is 11.6 Å². The summed E-state index contributed by atoms with van der Waals surface area (Å²) >= 11 is 9.19. The Bertz CT molecular complexity index is 447. The molecule has 0 fully saturated rings. The van der Waals surface area contributed by atoms with Gasteiger partial charge in [0.25, 0.3) is 5.78 Å². The lowest BCUT2D eigenvalue weighted by atomic mass is 10.1. The zero-order chi connectivity index (χ0) is 13.0. The highest BCUT2D eigenvalue weighted by molar-refractivity contribution is 9.10. The molecule has 17 heavy (non-hydrogen) atoms. The van der Waals surface area contributed by atoms with Crippen LogP contribution in [0.4, 0.5) is 0 Å². The lowest BCUT2D eigenvalue weighted by molar-refractivity contribution is -0.151. The topological polar surface area (TPSA) is 52.6 Å². The fraction of sp³-hybridized carbons (Fsp3) is 0.273. The number of alkyl halides is 1. The van der Waals surface area contributed by atoms with Gasteiger partial charge in [-0.05, 0) is 18.2 Å². The number of rotatable bonds is 4. The highest BCUT2D eigenvalue weighted by Crippen LogP contribution is 2.32. The summed E-state index contributed by atoms with van der Waals surface area (Å²) < 4.78 is 10.1. The minimum Gasteiger partial charge on any atom is -0.496 e. The van der Waals surface area contributed by atoms with Crippen molar-refractivity contribution in [1.82, 2.24) is 0 Å². The van der Waals surface area contributed by atoms with Gasteiger partial charge in [0.2, 0.25) is 0 Å². The molecule has 4 nitrogen and oxygen atoms in total. The van der Waals surface area contributed by atoms with Gasteiger partial charge >= 0.3 is 5.97 Å². The van der Waals surface area contributed by atoms with Gasteiger partial charge in [-0.2, -0.15) is 0 Å². The highest BCUT2D eigenvalue weighted by Gasteiger charge is 2.28. The third-order valence-corrected chi connectivity index (χ3v) is 3.01. The summed E-state index contributed by atoms with van der Waals surface area (Å²) in [5.41, 5.74) is 0.416. The molecule has 0 aliphatic heterocycles. The second-order valence-corrected chi connectivity index (χ2v) is 4.46. The van der Waals surface area contributed by atoms with E-state index in [1.165, 1.54) is 7.11 Å². The van der Waals surface area contributed by atoms with Gasteiger partial charge in [-0.1, -0.05) is 15.9 Å². The van der Waals surface area contributed by atoms with E-state index < -0.39 is 17.1 Å². The number of Topliss-reactive ketones (excluding diaryl/α,β-unsaturated/α-hetero) is 1. The molecule has 0 aliphatic rings. The van der Waals surface area contributed by atoms with E-state index in [4.69, 9.17) is 16.3 Å². The molecule has 0 spiro atoms.